The molecule has 3 saturated carbocycles. The van der Waals surface area contributed by atoms with Crippen molar-refractivity contribution in [3.8, 4) is 0 Å². The molecular formula is C34H48O8S. The minimum absolute atomic E-state index is 0.000827. The highest BCUT2D eigenvalue weighted by Gasteiger charge is 2.75. The van der Waals surface area contributed by atoms with Crippen molar-refractivity contribution in [2.24, 2.45) is 39.4 Å². The zero-order valence-corrected chi connectivity index (χ0v) is 28.2. The number of carbonyl (C=O) groups excluding carboxylic acids is 6. The van der Waals surface area contributed by atoms with E-state index in [4.69, 9.17) is 4.74 Å². The fraction of sp³-hybridized carbons (Fsp3) is 0.765. The van der Waals surface area contributed by atoms with Crippen LogP contribution in [0.25, 0.3) is 0 Å². The first-order valence-electron chi connectivity index (χ1n) is 15.4. The van der Waals surface area contributed by atoms with E-state index in [-0.39, 0.29) is 60.0 Å². The zero-order valence-electron chi connectivity index (χ0n) is 27.3. The SMILES string of the molecule is CC(=O)OC(C)(C)CCC(=O)[C@](C)(O)[C@H]1C(=O)C[C@@]2(C)[C@@H]3CC=C4[C@@H](C[C@H](SC(C)=O)C(=O)C4(C)C)[C@]3(C)C(=O)C[C@]12C. The van der Waals surface area contributed by atoms with Crippen molar-refractivity contribution in [3.05, 3.63) is 11.6 Å². The molecule has 4 aliphatic carbocycles. The summed E-state index contributed by atoms with van der Waals surface area (Å²) in [6, 6.07) is 0. The lowest BCUT2D eigenvalue weighted by Gasteiger charge is -2.64. The van der Waals surface area contributed by atoms with Crippen molar-refractivity contribution in [1.82, 2.24) is 0 Å². The van der Waals surface area contributed by atoms with Crippen molar-refractivity contribution >= 4 is 46.0 Å². The van der Waals surface area contributed by atoms with Crippen LogP contribution in [0.4, 0.5) is 0 Å². The molecule has 0 heterocycles. The molecule has 0 amide bonds. The first-order valence-corrected chi connectivity index (χ1v) is 16.3. The van der Waals surface area contributed by atoms with Crippen LogP contribution in [0.5, 0.6) is 0 Å². The maximum absolute atomic E-state index is 14.5. The maximum atomic E-state index is 14.5. The number of Topliss-reactive ketones (excluding diaryl/α,β-unsaturated/α-hetero) is 4. The van der Waals surface area contributed by atoms with E-state index in [0.29, 0.717) is 12.8 Å². The number of allylic oxidation sites excluding steroid dienone is 2. The number of carbonyl (C=O) groups is 6. The third kappa shape index (κ3) is 5.01. The van der Waals surface area contributed by atoms with Gasteiger partial charge in [-0.2, -0.15) is 0 Å². The Hall–Kier alpha value is -2.13. The van der Waals surface area contributed by atoms with E-state index in [2.05, 4.69) is 6.08 Å². The summed E-state index contributed by atoms with van der Waals surface area (Å²) in [5.74, 6) is -2.82. The van der Waals surface area contributed by atoms with Gasteiger partial charge in [0.15, 0.2) is 16.7 Å². The van der Waals surface area contributed by atoms with E-state index in [1.54, 1.807) is 13.8 Å². The number of hydrogen-bond donors (Lipinski definition) is 1. The summed E-state index contributed by atoms with van der Waals surface area (Å²) in [4.78, 5) is 79.1. The van der Waals surface area contributed by atoms with Gasteiger partial charge in [0.05, 0.1) is 11.2 Å². The first-order chi connectivity index (χ1) is 19.5. The molecule has 0 spiro atoms. The number of ether oxygens (including phenoxy) is 1. The average Bonchev–Trinajstić information content (AvgIpc) is 3.05. The van der Waals surface area contributed by atoms with Crippen molar-refractivity contribution in [2.75, 3.05) is 0 Å². The predicted molar refractivity (Wildman–Crippen MR) is 163 cm³/mol. The van der Waals surface area contributed by atoms with Crippen LogP contribution in [0, 0.1) is 39.4 Å². The highest BCUT2D eigenvalue weighted by molar-refractivity contribution is 8.14. The Balaban J connectivity index is 1.72. The molecule has 8 nitrogen and oxygen atoms in total. The summed E-state index contributed by atoms with van der Waals surface area (Å²) in [5.41, 5.74) is -5.36. The molecular weight excluding hydrogens is 568 g/mol. The van der Waals surface area contributed by atoms with Gasteiger partial charge in [0, 0.05) is 43.9 Å². The van der Waals surface area contributed by atoms with Crippen LogP contribution in [0.15, 0.2) is 11.6 Å². The van der Waals surface area contributed by atoms with Gasteiger partial charge in [0.25, 0.3) is 0 Å². The van der Waals surface area contributed by atoms with Gasteiger partial charge in [-0.25, -0.2) is 0 Å². The van der Waals surface area contributed by atoms with Gasteiger partial charge in [-0.1, -0.05) is 44.2 Å². The fourth-order valence-electron chi connectivity index (χ4n) is 9.64. The Morgan fingerprint density at radius 1 is 1.00 bits per heavy atom. The summed E-state index contributed by atoms with van der Waals surface area (Å²) in [6.07, 6.45) is 3.23. The Morgan fingerprint density at radius 3 is 2.16 bits per heavy atom. The molecule has 0 unspecified atom stereocenters. The summed E-state index contributed by atoms with van der Waals surface area (Å²) in [6.45, 7) is 17.2. The molecule has 8 atom stereocenters. The fourth-order valence-corrected chi connectivity index (χ4v) is 10.7. The van der Waals surface area contributed by atoms with Gasteiger partial charge in [-0.3, -0.25) is 28.8 Å². The molecule has 0 aliphatic heterocycles. The molecule has 0 aromatic heterocycles. The third-order valence-electron chi connectivity index (χ3n) is 12.0. The Bertz CT molecular complexity index is 1320. The molecule has 1 N–H and O–H groups in total. The predicted octanol–water partition coefficient (Wildman–Crippen LogP) is 5.22. The molecule has 0 bridgehead atoms. The first kappa shape index (κ1) is 33.8. The quantitative estimate of drug-likeness (QED) is 0.302. The lowest BCUT2D eigenvalue weighted by Crippen LogP contribution is -2.65. The molecule has 4 aliphatic rings. The van der Waals surface area contributed by atoms with Gasteiger partial charge in [-0.05, 0) is 76.5 Å². The van der Waals surface area contributed by atoms with Gasteiger partial charge in [0.2, 0.25) is 0 Å². The van der Waals surface area contributed by atoms with Crippen LogP contribution in [-0.4, -0.2) is 55.8 Å². The monoisotopic (exact) mass is 616 g/mol. The van der Waals surface area contributed by atoms with E-state index in [0.717, 1.165) is 17.3 Å². The minimum atomic E-state index is -2.01. The van der Waals surface area contributed by atoms with Crippen LogP contribution in [0.3, 0.4) is 0 Å². The molecule has 0 saturated heterocycles. The van der Waals surface area contributed by atoms with Crippen LogP contribution in [-0.2, 0) is 33.5 Å². The second-order valence-corrected chi connectivity index (χ2v) is 16.9. The van der Waals surface area contributed by atoms with E-state index in [1.807, 2.05) is 34.6 Å². The second-order valence-electron chi connectivity index (χ2n) is 15.5. The molecule has 3 fully saturated rings. The van der Waals surface area contributed by atoms with E-state index >= 15 is 0 Å². The summed E-state index contributed by atoms with van der Waals surface area (Å²) < 4.78 is 5.32. The summed E-state index contributed by atoms with van der Waals surface area (Å²) in [5, 5.41) is 11.1. The van der Waals surface area contributed by atoms with Crippen LogP contribution in [0.1, 0.15) is 108 Å². The van der Waals surface area contributed by atoms with E-state index < -0.39 is 55.8 Å². The Labute approximate surface area is 259 Å². The van der Waals surface area contributed by atoms with Crippen LogP contribution in [0.2, 0.25) is 0 Å². The standard InChI is InChI=1S/C34H48O8S/c1-18(35)42-29(3,4)14-13-25(38)34(10,41)27-22(37)16-31(7)24-12-11-20-21(33(24,9)26(39)17-32(27,31)8)15-23(43-19(2)36)28(40)30(20,5)6/h11,21,23-24,27,41H,12-17H2,1-10H3/t21-,23+,24+,27+,31+,32-,33+,34+/m1/s1. The number of fused-ring (bicyclic) bond motifs is 5. The number of aliphatic hydroxyl groups is 1. The normalized spacial score (nSPS) is 38.3. The topological polar surface area (TPSA) is 132 Å². The zero-order chi connectivity index (χ0) is 32.7. The molecule has 9 heteroatoms. The van der Waals surface area contributed by atoms with Crippen molar-refractivity contribution in [2.45, 2.75) is 124 Å². The second kappa shape index (κ2) is 10.5. The molecule has 0 aromatic rings. The highest BCUT2D eigenvalue weighted by atomic mass is 32.2. The van der Waals surface area contributed by atoms with Gasteiger partial charge >= 0.3 is 5.97 Å². The molecule has 238 valence electrons. The number of ketones is 4. The molecule has 0 aromatic carbocycles. The summed E-state index contributed by atoms with van der Waals surface area (Å²) >= 11 is 1.04. The number of esters is 1. The van der Waals surface area contributed by atoms with Gasteiger partial charge in [-0.15, -0.1) is 0 Å². The number of thioether (sulfide) groups is 1. The summed E-state index contributed by atoms with van der Waals surface area (Å²) in [7, 11) is 0. The average molecular weight is 617 g/mol. The van der Waals surface area contributed by atoms with E-state index in [1.165, 1.54) is 20.8 Å². The molecule has 43 heavy (non-hydrogen) atoms. The van der Waals surface area contributed by atoms with Gasteiger partial charge in [0.1, 0.15) is 22.8 Å². The number of rotatable bonds is 7. The van der Waals surface area contributed by atoms with Gasteiger partial charge < -0.3 is 9.84 Å². The lowest BCUT2D eigenvalue weighted by molar-refractivity contribution is -0.181. The van der Waals surface area contributed by atoms with Crippen LogP contribution < -0.4 is 0 Å². The number of hydrogen-bond acceptors (Lipinski definition) is 9. The smallest absolute Gasteiger partial charge is 0.303 e. The van der Waals surface area contributed by atoms with Crippen LogP contribution >= 0.6 is 11.8 Å². The third-order valence-corrected chi connectivity index (χ3v) is 13.0. The lowest BCUT2D eigenvalue weighted by atomic mass is 9.38. The minimum Gasteiger partial charge on any atom is -0.460 e. The largest absolute Gasteiger partial charge is 0.460 e. The Kier molecular flexibility index (Phi) is 8.22. The van der Waals surface area contributed by atoms with Crippen molar-refractivity contribution < 1.29 is 38.6 Å². The maximum Gasteiger partial charge on any atom is 0.303 e. The van der Waals surface area contributed by atoms with E-state index in [9.17, 15) is 33.9 Å². The van der Waals surface area contributed by atoms with Crippen molar-refractivity contribution in [1.29, 1.82) is 0 Å². The highest BCUT2D eigenvalue weighted by Crippen LogP contribution is 2.73. The Morgan fingerprint density at radius 2 is 1.60 bits per heavy atom. The molecule has 0 radical (unpaired) electrons. The molecule has 4 rings (SSSR count). The van der Waals surface area contributed by atoms with Crippen molar-refractivity contribution in [3.63, 3.8) is 0 Å².